The van der Waals surface area contributed by atoms with E-state index in [9.17, 15) is 18.5 Å². The van der Waals surface area contributed by atoms with Crippen LogP contribution in [-0.2, 0) is 16.3 Å². The highest BCUT2D eigenvalue weighted by Gasteiger charge is 2.26. The number of benzene rings is 2. The number of hydrogen-bond acceptors (Lipinski definition) is 6. The average molecular weight is 511 g/mol. The number of anilines is 1. The smallest absolute Gasteiger partial charge is 0.267 e. The molecule has 1 aliphatic rings. The van der Waals surface area contributed by atoms with E-state index < -0.39 is 20.3 Å². The lowest BCUT2D eigenvalue weighted by molar-refractivity contribution is 0.402. The van der Waals surface area contributed by atoms with Crippen LogP contribution >= 0.6 is 0 Å². The Hall–Kier alpha value is -4.22. The van der Waals surface area contributed by atoms with E-state index in [0.717, 1.165) is 19.3 Å². The Morgan fingerprint density at radius 2 is 1.62 bits per heavy atom. The third-order valence-electron chi connectivity index (χ3n) is 6.76. The van der Waals surface area contributed by atoms with Crippen molar-refractivity contribution in [3.05, 3.63) is 111 Å². The number of nitriles is 1. The van der Waals surface area contributed by atoms with E-state index in [2.05, 4.69) is 12.1 Å². The fourth-order valence-corrected chi connectivity index (χ4v) is 5.94. The summed E-state index contributed by atoms with van der Waals surface area (Å²) in [6.07, 6.45) is 5.60. The van der Waals surface area contributed by atoms with Crippen molar-refractivity contribution >= 4 is 27.4 Å². The van der Waals surface area contributed by atoms with Crippen LogP contribution in [0.25, 0.3) is 11.7 Å². The highest BCUT2D eigenvalue weighted by molar-refractivity contribution is 7.95. The maximum Gasteiger partial charge on any atom is 0.267 e. The van der Waals surface area contributed by atoms with E-state index in [1.807, 2.05) is 29.2 Å². The van der Waals surface area contributed by atoms with Gasteiger partial charge in [0.25, 0.3) is 5.56 Å². The Morgan fingerprint density at radius 1 is 0.973 bits per heavy atom. The minimum absolute atomic E-state index is 0.0000679. The van der Waals surface area contributed by atoms with Gasteiger partial charge in [-0.15, -0.1) is 0 Å². The van der Waals surface area contributed by atoms with Gasteiger partial charge >= 0.3 is 0 Å². The van der Waals surface area contributed by atoms with E-state index in [1.54, 1.807) is 42.6 Å². The molecule has 0 unspecified atom stereocenters. The zero-order valence-corrected chi connectivity index (χ0v) is 21.0. The summed E-state index contributed by atoms with van der Waals surface area (Å²) in [5.41, 5.74) is 1.45. The van der Waals surface area contributed by atoms with Crippen molar-refractivity contribution in [2.45, 2.75) is 24.2 Å². The predicted molar refractivity (Wildman–Crippen MR) is 144 cm³/mol. The molecule has 5 rings (SSSR count). The second-order valence-electron chi connectivity index (χ2n) is 9.14. The van der Waals surface area contributed by atoms with Crippen molar-refractivity contribution in [1.29, 1.82) is 5.26 Å². The van der Waals surface area contributed by atoms with Gasteiger partial charge in [-0.3, -0.25) is 9.20 Å². The first-order chi connectivity index (χ1) is 18.0. The van der Waals surface area contributed by atoms with Gasteiger partial charge in [0.15, 0.2) is 0 Å². The lowest BCUT2D eigenvalue weighted by atomic mass is 9.90. The summed E-state index contributed by atoms with van der Waals surface area (Å²) in [5, 5.41) is 9.82. The molecule has 2 aromatic heterocycles. The van der Waals surface area contributed by atoms with Crippen LogP contribution in [0, 0.1) is 17.2 Å². The molecular formula is C29H26N4O3S. The van der Waals surface area contributed by atoms with Crippen LogP contribution in [-0.4, -0.2) is 30.9 Å². The maximum absolute atomic E-state index is 13.6. The summed E-state index contributed by atoms with van der Waals surface area (Å²) >= 11 is 0. The van der Waals surface area contributed by atoms with Crippen molar-refractivity contribution in [1.82, 2.24) is 9.38 Å². The predicted octanol–water partition coefficient (Wildman–Crippen LogP) is 4.49. The molecule has 0 radical (unpaired) electrons. The fraction of sp³-hybridized carbons (Fsp3) is 0.207. The zero-order valence-electron chi connectivity index (χ0n) is 20.2. The third kappa shape index (κ3) is 5.04. The summed E-state index contributed by atoms with van der Waals surface area (Å²) in [6, 6.07) is 25.2. The van der Waals surface area contributed by atoms with Crippen molar-refractivity contribution in [2.75, 3.05) is 18.0 Å². The first kappa shape index (κ1) is 24.5. The second kappa shape index (κ2) is 10.4. The number of rotatable bonds is 6. The Balaban J connectivity index is 1.53. The summed E-state index contributed by atoms with van der Waals surface area (Å²) in [4.78, 5) is 19.9. The molecule has 37 heavy (non-hydrogen) atoms. The molecule has 0 aliphatic carbocycles. The zero-order chi connectivity index (χ0) is 25.8. The standard InChI is InChI=1S/C29H26N4O3S/c30-21-25(37(35,36)24-11-5-2-6-12-24)20-26-28(31-27-13-7-8-16-33(27)29(26)34)32-17-14-23(15-18-32)19-22-9-3-1-4-10-22/h1-13,16,20,23H,14-15,17-19H2. The maximum atomic E-state index is 13.6. The van der Waals surface area contributed by atoms with Gasteiger partial charge in [0.05, 0.1) is 10.5 Å². The minimum atomic E-state index is -4.10. The van der Waals surface area contributed by atoms with Crippen LogP contribution in [0.1, 0.15) is 24.0 Å². The van der Waals surface area contributed by atoms with Crippen LogP contribution in [0.15, 0.2) is 99.7 Å². The molecule has 1 fully saturated rings. The lowest BCUT2D eigenvalue weighted by Crippen LogP contribution is -2.37. The Kier molecular flexibility index (Phi) is 6.89. The minimum Gasteiger partial charge on any atom is -0.356 e. The molecule has 1 aliphatic heterocycles. The van der Waals surface area contributed by atoms with Gasteiger partial charge in [-0.05, 0) is 61.1 Å². The van der Waals surface area contributed by atoms with Gasteiger partial charge < -0.3 is 4.90 Å². The molecule has 4 aromatic rings. The quantitative estimate of drug-likeness (QED) is 0.355. The van der Waals surface area contributed by atoms with Gasteiger partial charge in [-0.25, -0.2) is 13.4 Å². The Bertz CT molecular complexity index is 1650. The molecule has 0 saturated carbocycles. The van der Waals surface area contributed by atoms with Gasteiger partial charge in [-0.1, -0.05) is 54.6 Å². The largest absolute Gasteiger partial charge is 0.356 e. The van der Waals surface area contributed by atoms with E-state index in [4.69, 9.17) is 4.98 Å². The van der Waals surface area contributed by atoms with Crippen LogP contribution in [0.2, 0.25) is 0 Å². The van der Waals surface area contributed by atoms with Crippen LogP contribution in [0.3, 0.4) is 0 Å². The molecule has 2 aromatic carbocycles. The fourth-order valence-electron chi connectivity index (χ4n) is 4.78. The molecule has 1 saturated heterocycles. The summed E-state index contributed by atoms with van der Waals surface area (Å²) in [5.74, 6) is 0.915. The summed E-state index contributed by atoms with van der Waals surface area (Å²) < 4.78 is 27.8. The first-order valence-corrected chi connectivity index (χ1v) is 13.7. The van der Waals surface area contributed by atoms with Gasteiger partial charge in [0.2, 0.25) is 9.84 Å². The van der Waals surface area contributed by atoms with Crippen molar-refractivity contribution in [3.63, 3.8) is 0 Å². The molecule has 0 amide bonds. The first-order valence-electron chi connectivity index (χ1n) is 12.2. The van der Waals surface area contributed by atoms with Crippen LogP contribution in [0.5, 0.6) is 0 Å². The molecule has 0 bridgehead atoms. The topological polar surface area (TPSA) is 95.5 Å². The van der Waals surface area contributed by atoms with Crippen LogP contribution < -0.4 is 10.5 Å². The summed E-state index contributed by atoms with van der Waals surface area (Å²) in [7, 11) is -4.10. The molecule has 3 heterocycles. The summed E-state index contributed by atoms with van der Waals surface area (Å²) in [6.45, 7) is 1.36. The Morgan fingerprint density at radius 3 is 2.30 bits per heavy atom. The molecule has 8 heteroatoms. The molecule has 0 spiro atoms. The Labute approximate surface area is 215 Å². The molecule has 186 valence electrons. The third-order valence-corrected chi connectivity index (χ3v) is 8.44. The number of aromatic nitrogens is 2. The van der Waals surface area contributed by atoms with E-state index in [0.29, 0.717) is 30.5 Å². The van der Waals surface area contributed by atoms with E-state index in [-0.39, 0.29) is 10.5 Å². The van der Waals surface area contributed by atoms with Crippen molar-refractivity contribution in [2.24, 2.45) is 5.92 Å². The lowest BCUT2D eigenvalue weighted by Gasteiger charge is -2.33. The SMILES string of the molecule is N#CC(=Cc1c(N2CCC(Cc3ccccc3)CC2)nc2ccccn2c1=O)S(=O)(=O)c1ccccc1. The number of fused-ring (bicyclic) bond motifs is 1. The number of pyridine rings is 1. The van der Waals surface area contributed by atoms with E-state index >= 15 is 0 Å². The normalized spacial score (nSPS) is 15.0. The highest BCUT2D eigenvalue weighted by Crippen LogP contribution is 2.29. The second-order valence-corrected chi connectivity index (χ2v) is 11.1. The average Bonchev–Trinajstić information content (AvgIpc) is 2.94. The molecule has 0 atom stereocenters. The van der Waals surface area contributed by atoms with Crippen molar-refractivity contribution in [3.8, 4) is 6.07 Å². The van der Waals surface area contributed by atoms with E-state index in [1.165, 1.54) is 28.2 Å². The number of hydrogen-bond donors (Lipinski definition) is 0. The molecular weight excluding hydrogens is 484 g/mol. The number of nitrogens with zero attached hydrogens (tertiary/aromatic N) is 4. The number of allylic oxidation sites excluding steroid dienone is 1. The number of piperidine rings is 1. The van der Waals surface area contributed by atoms with Gasteiger partial charge in [0, 0.05) is 19.3 Å². The number of sulfone groups is 1. The monoisotopic (exact) mass is 510 g/mol. The highest BCUT2D eigenvalue weighted by atomic mass is 32.2. The molecule has 0 N–H and O–H groups in total. The van der Waals surface area contributed by atoms with Crippen LogP contribution in [0.4, 0.5) is 5.82 Å². The van der Waals surface area contributed by atoms with Crippen molar-refractivity contribution < 1.29 is 8.42 Å². The van der Waals surface area contributed by atoms with Gasteiger partial charge in [0.1, 0.15) is 22.4 Å². The van der Waals surface area contributed by atoms with Gasteiger partial charge in [-0.2, -0.15) is 5.26 Å². The molecule has 7 nitrogen and oxygen atoms in total.